The number of Topliss-reactive ketones (excluding diaryl/α,β-unsaturated/α-hetero) is 2. The average Bonchev–Trinajstić information content (AvgIpc) is 3.70. The zero-order valence-corrected chi connectivity index (χ0v) is 36.6. The molecule has 0 aliphatic carbocycles. The molecule has 4 aromatic rings. The first-order valence-corrected chi connectivity index (χ1v) is 12.0. The molecule has 3 N–H and O–H groups in total. The van der Waals surface area contributed by atoms with Gasteiger partial charge in [0.25, 0.3) is 12.3 Å². The van der Waals surface area contributed by atoms with Crippen molar-refractivity contribution in [3.8, 4) is 23.3 Å². The molecule has 4 aromatic heterocycles. The minimum Gasteiger partial charge on any atom is -0.662 e. The van der Waals surface area contributed by atoms with Gasteiger partial charge in [0.2, 0.25) is 17.5 Å². The van der Waals surface area contributed by atoms with Gasteiger partial charge in [-0.1, -0.05) is 0 Å². The van der Waals surface area contributed by atoms with Crippen LogP contribution in [0.2, 0.25) is 0 Å². The number of aliphatic hydroxyl groups is 1. The van der Waals surface area contributed by atoms with Crippen LogP contribution in [0.15, 0.2) is 24.8 Å². The van der Waals surface area contributed by atoms with Crippen LogP contribution in [-0.2, 0) is 24.0 Å². The summed E-state index contributed by atoms with van der Waals surface area (Å²) in [6.45, 7) is 1.59. The number of aromatic nitrogens is 4. The molecule has 0 unspecified atom stereocenters. The Hall–Kier alpha value is -0.841. The number of nitrogens with one attached hydrogen (secondary N) is 2. The van der Waals surface area contributed by atoms with Gasteiger partial charge in [-0.05, 0) is 6.92 Å². The largest absolute Gasteiger partial charge is 1.00 e. The molecule has 0 spiro atoms. The number of aliphatic hydroxyl groups excluding tert-OH is 1. The quantitative estimate of drug-likeness (QED) is 0.0260. The van der Waals surface area contributed by atoms with Crippen molar-refractivity contribution in [2.75, 3.05) is 42.2 Å². The van der Waals surface area contributed by atoms with Gasteiger partial charge in [0.15, 0.2) is 0 Å². The Balaban J connectivity index is -0.000000671. The number of aromatic amines is 2. The Kier molecular flexibility index (Phi) is 29.0. The van der Waals surface area contributed by atoms with Crippen molar-refractivity contribution in [3.05, 3.63) is 35.9 Å². The van der Waals surface area contributed by atoms with Gasteiger partial charge in [-0.15, -0.1) is 0 Å². The van der Waals surface area contributed by atoms with Gasteiger partial charge in [0, 0.05) is 70.9 Å². The van der Waals surface area contributed by atoms with Gasteiger partial charge in [-0.3, -0.25) is 14.4 Å². The van der Waals surface area contributed by atoms with Crippen molar-refractivity contribution < 1.29 is 171 Å². The van der Waals surface area contributed by atoms with Crippen LogP contribution in [0, 0.1) is 0 Å². The molecule has 21 heteroatoms. The van der Waals surface area contributed by atoms with Crippen LogP contribution in [-0.4, -0.2) is 149 Å². The van der Waals surface area contributed by atoms with Crippen LogP contribution in [0.4, 0.5) is 0 Å². The van der Waals surface area contributed by atoms with E-state index in [1.54, 1.807) is 6.92 Å². The number of ketones is 2. The first-order valence-electron chi connectivity index (χ1n) is 12.0. The second-order valence-corrected chi connectivity index (χ2v) is 7.44. The first-order chi connectivity index (χ1) is 21.1. The fourth-order valence-electron chi connectivity index (χ4n) is 3.58. The van der Waals surface area contributed by atoms with Gasteiger partial charge >= 0.3 is 109 Å². The number of H-pyrrole nitrogens is 2. The number of carbonyl (C=O) groups excluding carboxylic acids is 5. The summed E-state index contributed by atoms with van der Waals surface area (Å²) < 4.78 is 25.1. The molecule has 0 saturated carbocycles. The number of hydrogen-bond donors (Lipinski definition) is 3. The second-order valence-electron chi connectivity index (χ2n) is 7.44. The number of carboxylic acid groups (broad SMARTS) is 1. The van der Waals surface area contributed by atoms with Gasteiger partial charge < -0.3 is 58.8 Å². The molecule has 4 heterocycles. The third-order valence-electron chi connectivity index (χ3n) is 5.28. The molecule has 0 amide bonds. The van der Waals surface area contributed by atoms with Crippen molar-refractivity contribution >= 4 is 103 Å². The number of fused-ring (bicyclic) bond motifs is 2. The van der Waals surface area contributed by atoms with E-state index in [0.29, 0.717) is 33.4 Å². The van der Waals surface area contributed by atoms with Crippen LogP contribution in [0.3, 0.4) is 0 Å². The van der Waals surface area contributed by atoms with E-state index in [1.165, 1.54) is 53.2 Å². The number of esters is 1. The van der Waals surface area contributed by atoms with E-state index in [0.717, 1.165) is 7.11 Å². The molecule has 4 rings (SSSR count). The summed E-state index contributed by atoms with van der Waals surface area (Å²) in [5.74, 6) is -3.38. The Morgan fingerprint density at radius 2 is 1.19 bits per heavy atom. The summed E-state index contributed by atoms with van der Waals surface area (Å²) in [5, 5.41) is 26.8. The third kappa shape index (κ3) is 13.4. The number of hydrogen-bond acceptors (Lipinski definition) is 16. The molecule has 0 aromatic carbocycles. The standard InChI is InChI=1S/C13H14N2O5.C11H10N2O5.CH2O3.CH4O.3K/c1-4-20-13(17)11(16)7-5-14-10-9(7)8(18-2)6-15-12(10)19-3;1-17-6-4-13-10(18-2)8-7(6)5(3-12-8)9(14)11(15)16;2-1-4-3;1-2;;;/h5-6,14H,4H2,1-3H3;3-4,12H,1-2H3,(H,15,16);1,3H;2H,1H3;;;/q;;;;;2*+1/p-2. The number of carboxylic acids is 1. The summed E-state index contributed by atoms with van der Waals surface area (Å²) in [6.07, 6.45) is 5.45. The minimum atomic E-state index is -1.78. The number of ether oxygens (including phenoxy) is 5. The van der Waals surface area contributed by atoms with E-state index in [2.05, 4.69) is 24.8 Å². The molecule has 1 radical (unpaired) electrons. The maximum Gasteiger partial charge on any atom is 1.00 e. The van der Waals surface area contributed by atoms with E-state index in [9.17, 15) is 24.3 Å². The zero-order chi connectivity index (χ0) is 33.4. The van der Waals surface area contributed by atoms with E-state index < -0.39 is 23.5 Å². The summed E-state index contributed by atoms with van der Waals surface area (Å²) in [7, 11) is 6.72. The van der Waals surface area contributed by atoms with Gasteiger partial charge in [0.1, 0.15) is 28.5 Å². The number of rotatable bonds is 10. The molecule has 0 atom stereocenters. The number of methoxy groups -OCH3 is 4. The van der Waals surface area contributed by atoms with Gasteiger partial charge in [0.05, 0.1) is 69.3 Å². The van der Waals surface area contributed by atoms with E-state index in [1.807, 2.05) is 0 Å². The first kappa shape index (κ1) is 50.5. The number of aliphatic carboxylic acids is 1. The molecule has 47 heavy (non-hydrogen) atoms. The van der Waals surface area contributed by atoms with Crippen molar-refractivity contribution in [2.45, 2.75) is 6.92 Å². The van der Waals surface area contributed by atoms with Gasteiger partial charge in [-0.25, -0.2) is 14.8 Å². The number of nitrogens with zero attached hydrogens (tertiary/aromatic N) is 2. The van der Waals surface area contributed by atoms with Crippen molar-refractivity contribution in [3.63, 3.8) is 0 Å². The minimum absolute atomic E-state index is 0. The Morgan fingerprint density at radius 3 is 1.49 bits per heavy atom. The normalized spacial score (nSPS) is 8.94. The summed E-state index contributed by atoms with van der Waals surface area (Å²) in [4.78, 5) is 70.6. The fourth-order valence-corrected chi connectivity index (χ4v) is 3.58. The SMILES string of the molecule is CCOC(=O)C(=O)c1c[nH]c2c(OC)ncc(OC)c12.CO.COc1ncc(OC)c2c(C(=O)C(=O)[O-])c[nH]c12.O=CO[O-].[K+].[K+].[K]. The Morgan fingerprint density at radius 1 is 0.809 bits per heavy atom. The zero-order valence-electron chi connectivity index (χ0n) is 27.2. The smallest absolute Gasteiger partial charge is 0.662 e. The average molecular weight is 738 g/mol. The van der Waals surface area contributed by atoms with E-state index >= 15 is 0 Å². The number of carbonyl (C=O) groups is 5. The Bertz CT molecular complexity index is 1610. The molecule has 0 bridgehead atoms. The van der Waals surface area contributed by atoms with Crippen LogP contribution in [0.25, 0.3) is 21.8 Å². The van der Waals surface area contributed by atoms with Crippen LogP contribution >= 0.6 is 0 Å². The van der Waals surface area contributed by atoms with Gasteiger partial charge in [-0.2, -0.15) is 0 Å². The van der Waals surface area contributed by atoms with E-state index in [4.69, 9.17) is 38.8 Å². The molecule has 0 aliphatic rings. The van der Waals surface area contributed by atoms with E-state index in [-0.39, 0.29) is 190 Å². The summed E-state index contributed by atoms with van der Waals surface area (Å²) >= 11 is 0. The molecule has 18 nitrogen and oxygen atoms in total. The maximum atomic E-state index is 12.1. The Labute approximate surface area is 395 Å². The van der Waals surface area contributed by atoms with Crippen molar-refractivity contribution in [1.29, 1.82) is 0 Å². The fraction of sp³-hybridized carbons (Fsp3) is 0.269. The maximum absolute atomic E-state index is 12.1. The molecular weight excluding hydrogens is 710 g/mol. The van der Waals surface area contributed by atoms with Crippen LogP contribution < -0.4 is 132 Å². The summed E-state index contributed by atoms with van der Waals surface area (Å²) in [6, 6.07) is 0. The molecule has 0 aliphatic heterocycles. The molecule has 239 valence electrons. The van der Waals surface area contributed by atoms with Crippen molar-refractivity contribution in [2.24, 2.45) is 0 Å². The summed E-state index contributed by atoms with van der Waals surface area (Å²) in [5.41, 5.74) is 0.986. The molecule has 0 saturated heterocycles. The van der Waals surface area contributed by atoms with Crippen molar-refractivity contribution in [1.82, 2.24) is 19.9 Å². The predicted octanol–water partition coefficient (Wildman–Crippen LogP) is -7.49. The monoisotopic (exact) mass is 737 g/mol. The number of pyridine rings is 2. The predicted molar refractivity (Wildman–Crippen MR) is 150 cm³/mol. The second kappa shape index (κ2) is 27.0. The van der Waals surface area contributed by atoms with Crippen LogP contribution in [0.1, 0.15) is 27.6 Å². The third-order valence-corrected chi connectivity index (χ3v) is 5.28. The van der Waals surface area contributed by atoms with Crippen LogP contribution in [0.5, 0.6) is 23.3 Å². The molecular formula is C26H28K3N4O14. The topological polar surface area (TPSA) is 264 Å². The molecule has 0 fully saturated rings.